The molecule has 2 atom stereocenters. The predicted octanol–water partition coefficient (Wildman–Crippen LogP) is 2.06. The van der Waals surface area contributed by atoms with Gasteiger partial charge in [-0.15, -0.1) is 0 Å². The first kappa shape index (κ1) is 14.5. The molecule has 0 amide bonds. The van der Waals surface area contributed by atoms with E-state index in [0.717, 1.165) is 12.2 Å². The third kappa shape index (κ3) is 2.98. The van der Waals surface area contributed by atoms with Crippen LogP contribution in [0.3, 0.4) is 0 Å². The van der Waals surface area contributed by atoms with Gasteiger partial charge < -0.3 is 0 Å². The first-order valence-corrected chi connectivity index (χ1v) is 7.30. The SMILES string of the molecule is CC(C)n1ncnc1CC(NN)C1CCCC1(C)C. The molecule has 19 heavy (non-hydrogen) atoms. The highest BCUT2D eigenvalue weighted by Gasteiger charge is 2.39. The maximum Gasteiger partial charge on any atom is 0.138 e. The molecule has 1 aliphatic carbocycles. The zero-order valence-electron chi connectivity index (χ0n) is 12.6. The Balaban J connectivity index is 2.13. The van der Waals surface area contributed by atoms with Gasteiger partial charge in [-0.1, -0.05) is 20.3 Å². The van der Waals surface area contributed by atoms with Gasteiger partial charge in [0.25, 0.3) is 0 Å². The highest BCUT2D eigenvalue weighted by atomic mass is 15.3. The van der Waals surface area contributed by atoms with Crippen LogP contribution in [0.25, 0.3) is 0 Å². The summed E-state index contributed by atoms with van der Waals surface area (Å²) >= 11 is 0. The predicted molar refractivity (Wildman–Crippen MR) is 76.3 cm³/mol. The number of aromatic nitrogens is 3. The second-order valence-corrected chi connectivity index (χ2v) is 6.68. The minimum Gasteiger partial charge on any atom is -0.271 e. The molecule has 1 saturated carbocycles. The Labute approximate surface area is 115 Å². The van der Waals surface area contributed by atoms with Crippen molar-refractivity contribution in [3.05, 3.63) is 12.2 Å². The lowest BCUT2D eigenvalue weighted by molar-refractivity contribution is 0.193. The maximum atomic E-state index is 5.81. The summed E-state index contributed by atoms with van der Waals surface area (Å²) in [6.07, 6.45) is 6.32. The van der Waals surface area contributed by atoms with Gasteiger partial charge in [-0.3, -0.25) is 11.3 Å². The van der Waals surface area contributed by atoms with Gasteiger partial charge >= 0.3 is 0 Å². The lowest BCUT2D eigenvalue weighted by Gasteiger charge is -2.33. The molecule has 1 aromatic heterocycles. The fraction of sp³-hybridized carbons (Fsp3) is 0.857. The van der Waals surface area contributed by atoms with E-state index < -0.39 is 0 Å². The van der Waals surface area contributed by atoms with Crippen molar-refractivity contribution in [1.82, 2.24) is 20.2 Å². The van der Waals surface area contributed by atoms with Crippen molar-refractivity contribution in [1.29, 1.82) is 0 Å². The van der Waals surface area contributed by atoms with E-state index in [4.69, 9.17) is 5.84 Å². The summed E-state index contributed by atoms with van der Waals surface area (Å²) in [7, 11) is 0. The highest BCUT2D eigenvalue weighted by molar-refractivity contribution is 4.98. The number of nitrogens with zero attached hydrogens (tertiary/aromatic N) is 3. The van der Waals surface area contributed by atoms with Crippen molar-refractivity contribution in [2.24, 2.45) is 17.2 Å². The van der Waals surface area contributed by atoms with Gasteiger partial charge in [-0.2, -0.15) is 5.10 Å². The number of hydrazine groups is 1. The molecule has 0 radical (unpaired) electrons. The molecule has 5 nitrogen and oxygen atoms in total. The van der Waals surface area contributed by atoms with Crippen LogP contribution in [0.15, 0.2) is 6.33 Å². The molecule has 1 aliphatic rings. The van der Waals surface area contributed by atoms with Crippen LogP contribution in [0, 0.1) is 11.3 Å². The smallest absolute Gasteiger partial charge is 0.138 e. The first-order valence-electron chi connectivity index (χ1n) is 7.30. The Kier molecular flexibility index (Phi) is 4.26. The number of rotatable bonds is 5. The van der Waals surface area contributed by atoms with E-state index in [0.29, 0.717) is 17.4 Å². The molecule has 1 heterocycles. The minimum atomic E-state index is 0.277. The van der Waals surface area contributed by atoms with E-state index in [1.165, 1.54) is 19.3 Å². The van der Waals surface area contributed by atoms with Crippen LogP contribution in [0.4, 0.5) is 0 Å². The fourth-order valence-electron chi connectivity index (χ4n) is 3.47. The largest absolute Gasteiger partial charge is 0.271 e. The molecule has 5 heteroatoms. The van der Waals surface area contributed by atoms with Gasteiger partial charge in [0.1, 0.15) is 12.2 Å². The van der Waals surface area contributed by atoms with Crippen molar-refractivity contribution in [3.8, 4) is 0 Å². The van der Waals surface area contributed by atoms with Crippen molar-refractivity contribution in [3.63, 3.8) is 0 Å². The third-order valence-corrected chi connectivity index (χ3v) is 4.58. The molecule has 3 N–H and O–H groups in total. The summed E-state index contributed by atoms with van der Waals surface area (Å²) in [4.78, 5) is 4.40. The quantitative estimate of drug-likeness (QED) is 0.631. The van der Waals surface area contributed by atoms with E-state index >= 15 is 0 Å². The number of hydrogen-bond donors (Lipinski definition) is 2. The van der Waals surface area contributed by atoms with Crippen molar-refractivity contribution in [2.45, 2.75) is 65.5 Å². The van der Waals surface area contributed by atoms with Gasteiger partial charge in [0.15, 0.2) is 0 Å². The topological polar surface area (TPSA) is 68.8 Å². The summed E-state index contributed by atoms with van der Waals surface area (Å²) in [6, 6.07) is 0.617. The molecule has 1 fully saturated rings. The average molecular weight is 265 g/mol. The maximum absolute atomic E-state index is 5.81. The van der Waals surface area contributed by atoms with E-state index in [1.807, 2.05) is 4.68 Å². The zero-order valence-corrected chi connectivity index (χ0v) is 12.6. The normalized spacial score (nSPS) is 24.0. The lowest BCUT2D eigenvalue weighted by Crippen LogP contribution is -2.46. The molecule has 0 aliphatic heterocycles. The van der Waals surface area contributed by atoms with E-state index in [2.05, 4.69) is 43.2 Å². The van der Waals surface area contributed by atoms with Crippen LogP contribution in [0.5, 0.6) is 0 Å². The van der Waals surface area contributed by atoms with Crippen LogP contribution in [-0.2, 0) is 6.42 Å². The molecule has 0 aromatic carbocycles. The minimum absolute atomic E-state index is 0.277. The molecular formula is C14H27N5. The van der Waals surface area contributed by atoms with Gasteiger partial charge in [0.05, 0.1) is 0 Å². The molecular weight excluding hydrogens is 238 g/mol. The molecule has 0 spiro atoms. The van der Waals surface area contributed by atoms with E-state index in [-0.39, 0.29) is 6.04 Å². The van der Waals surface area contributed by atoms with E-state index in [1.54, 1.807) is 6.33 Å². The lowest BCUT2D eigenvalue weighted by atomic mass is 9.76. The van der Waals surface area contributed by atoms with Crippen LogP contribution in [0.1, 0.15) is 58.8 Å². The molecule has 108 valence electrons. The Bertz CT molecular complexity index is 410. The second-order valence-electron chi connectivity index (χ2n) is 6.68. The summed E-state index contributed by atoms with van der Waals surface area (Å²) in [5.41, 5.74) is 3.38. The van der Waals surface area contributed by atoms with Crippen LogP contribution >= 0.6 is 0 Å². The Morgan fingerprint density at radius 2 is 2.26 bits per heavy atom. The summed E-state index contributed by atoms with van der Waals surface area (Å²) in [5, 5.41) is 4.30. The fourth-order valence-corrected chi connectivity index (χ4v) is 3.47. The number of hydrogen-bond acceptors (Lipinski definition) is 4. The highest BCUT2D eigenvalue weighted by Crippen LogP contribution is 2.44. The summed E-state index contributed by atoms with van der Waals surface area (Å²) in [6.45, 7) is 8.95. The van der Waals surface area contributed by atoms with Crippen molar-refractivity contribution >= 4 is 0 Å². The molecule has 2 rings (SSSR count). The Hall–Kier alpha value is -0.940. The van der Waals surface area contributed by atoms with Crippen LogP contribution in [0.2, 0.25) is 0 Å². The molecule has 0 bridgehead atoms. The van der Waals surface area contributed by atoms with Crippen LogP contribution < -0.4 is 11.3 Å². The average Bonchev–Trinajstić information content (AvgIpc) is 2.92. The van der Waals surface area contributed by atoms with Gasteiger partial charge in [-0.25, -0.2) is 9.67 Å². The Morgan fingerprint density at radius 3 is 2.79 bits per heavy atom. The van der Waals surface area contributed by atoms with Crippen LogP contribution in [-0.4, -0.2) is 20.8 Å². The number of nitrogens with two attached hydrogens (primary N) is 1. The molecule has 2 unspecified atom stereocenters. The zero-order chi connectivity index (χ0) is 14.0. The second kappa shape index (κ2) is 5.59. The van der Waals surface area contributed by atoms with E-state index in [9.17, 15) is 0 Å². The standard InChI is InChI=1S/C14H27N5/c1-10(2)19-13(16-9-17-19)8-12(18-15)11-6-5-7-14(11,3)4/h9-12,18H,5-8,15H2,1-4H3. The monoisotopic (exact) mass is 265 g/mol. The van der Waals surface area contributed by atoms with Crippen molar-refractivity contribution in [2.75, 3.05) is 0 Å². The van der Waals surface area contributed by atoms with Gasteiger partial charge in [0.2, 0.25) is 0 Å². The molecule has 0 saturated heterocycles. The summed E-state index contributed by atoms with van der Waals surface area (Å²) < 4.78 is 1.99. The van der Waals surface area contributed by atoms with Gasteiger partial charge in [0, 0.05) is 18.5 Å². The Morgan fingerprint density at radius 1 is 1.53 bits per heavy atom. The third-order valence-electron chi connectivity index (χ3n) is 4.58. The van der Waals surface area contributed by atoms with Gasteiger partial charge in [-0.05, 0) is 38.0 Å². The molecule has 1 aromatic rings. The summed E-state index contributed by atoms with van der Waals surface area (Å²) in [5.74, 6) is 7.44. The number of nitrogens with one attached hydrogen (secondary N) is 1. The van der Waals surface area contributed by atoms with Crippen molar-refractivity contribution < 1.29 is 0 Å². The first-order chi connectivity index (χ1) is 8.95.